The molecule has 1 N–H and O–H groups in total. The predicted molar refractivity (Wildman–Crippen MR) is 153 cm³/mol. The Bertz CT molecular complexity index is 1670. The number of hydrogen-bond donors (Lipinski definition) is 1. The van der Waals surface area contributed by atoms with Crippen LogP contribution in [0.4, 0.5) is 11.4 Å². The normalized spacial score (nSPS) is 14.9. The van der Waals surface area contributed by atoms with Crippen LogP contribution in [0.25, 0.3) is 10.8 Å². The summed E-state index contributed by atoms with van der Waals surface area (Å²) in [5.74, 6) is 0.521. The van der Waals surface area contributed by atoms with Gasteiger partial charge < -0.3 is 9.66 Å². The molecule has 0 amide bonds. The monoisotopic (exact) mass is 541 g/mol. The molecule has 0 aliphatic heterocycles. The average molecular weight is 542 g/mol. The summed E-state index contributed by atoms with van der Waals surface area (Å²) in [4.78, 5) is -0.320. The highest BCUT2D eigenvalue weighted by molar-refractivity contribution is 7.85. The molecule has 0 atom stereocenters. The number of phenols is 1. The summed E-state index contributed by atoms with van der Waals surface area (Å²) in [7, 11) is -4.69. The first-order valence-electron chi connectivity index (χ1n) is 13.4. The van der Waals surface area contributed by atoms with E-state index >= 15 is 0 Å². The van der Waals surface area contributed by atoms with Gasteiger partial charge in [0.1, 0.15) is 15.8 Å². The lowest BCUT2D eigenvalue weighted by Crippen LogP contribution is -2.04. The Balaban J connectivity index is 1.56. The topological polar surface area (TPSA) is 102 Å². The van der Waals surface area contributed by atoms with Crippen LogP contribution in [-0.4, -0.2) is 18.1 Å². The molecule has 1 fully saturated rings. The van der Waals surface area contributed by atoms with E-state index in [2.05, 4.69) is 22.4 Å². The Morgan fingerprint density at radius 1 is 0.872 bits per heavy atom. The number of aromatic hydroxyl groups is 1. The van der Waals surface area contributed by atoms with E-state index in [1.54, 1.807) is 13.0 Å². The van der Waals surface area contributed by atoms with Gasteiger partial charge >= 0.3 is 0 Å². The lowest BCUT2D eigenvalue weighted by Gasteiger charge is -2.22. The highest BCUT2D eigenvalue weighted by Gasteiger charge is 2.18. The first-order chi connectivity index (χ1) is 18.6. The van der Waals surface area contributed by atoms with Crippen LogP contribution in [-0.2, 0) is 16.5 Å². The smallest absolute Gasteiger partial charge is 0.151 e. The Kier molecular flexibility index (Phi) is 7.56. The molecule has 1 aliphatic rings. The summed E-state index contributed by atoms with van der Waals surface area (Å²) in [5.41, 5.74) is 6.63. The maximum atomic E-state index is 11.9. The SMILES string of the molecule is Cc1ccc(Cc2cc(S(=O)(=O)[O-])cc3cc(C)c(N=Nc4ccc(C5CCCCC5)cc4C)c(O)c23)cc1. The van der Waals surface area contributed by atoms with E-state index in [1.165, 1.54) is 49.8 Å². The van der Waals surface area contributed by atoms with Gasteiger partial charge in [-0.05, 0) is 103 Å². The van der Waals surface area contributed by atoms with Gasteiger partial charge in [0.2, 0.25) is 0 Å². The molecule has 4 aromatic rings. The van der Waals surface area contributed by atoms with Gasteiger partial charge in [-0.2, -0.15) is 5.11 Å². The van der Waals surface area contributed by atoms with Crippen LogP contribution in [0.3, 0.4) is 0 Å². The van der Waals surface area contributed by atoms with E-state index in [1.807, 2.05) is 44.2 Å². The number of hydrogen-bond acceptors (Lipinski definition) is 6. The minimum Gasteiger partial charge on any atom is -0.744 e. The Morgan fingerprint density at radius 2 is 1.59 bits per heavy atom. The number of fused-ring (bicyclic) bond motifs is 1. The summed E-state index contributed by atoms with van der Waals surface area (Å²) in [6.45, 7) is 5.80. The van der Waals surface area contributed by atoms with Gasteiger partial charge in [0.15, 0.2) is 5.75 Å². The summed E-state index contributed by atoms with van der Waals surface area (Å²) in [6.07, 6.45) is 6.67. The molecule has 4 aromatic carbocycles. The van der Waals surface area contributed by atoms with Crippen molar-refractivity contribution in [3.05, 3.63) is 94.0 Å². The van der Waals surface area contributed by atoms with E-state index in [-0.39, 0.29) is 10.6 Å². The van der Waals surface area contributed by atoms with Crippen LogP contribution < -0.4 is 0 Å². The zero-order chi connectivity index (χ0) is 27.7. The maximum absolute atomic E-state index is 11.9. The van der Waals surface area contributed by atoms with E-state index in [0.29, 0.717) is 39.9 Å². The highest BCUT2D eigenvalue weighted by atomic mass is 32.2. The van der Waals surface area contributed by atoms with Crippen LogP contribution in [0.15, 0.2) is 75.8 Å². The summed E-state index contributed by atoms with van der Waals surface area (Å²) < 4.78 is 35.8. The molecule has 0 saturated heterocycles. The average Bonchev–Trinajstić information content (AvgIpc) is 2.90. The largest absolute Gasteiger partial charge is 0.744 e. The van der Waals surface area contributed by atoms with Crippen molar-refractivity contribution in [2.75, 3.05) is 0 Å². The zero-order valence-electron chi connectivity index (χ0n) is 22.6. The number of aryl methyl sites for hydroxylation is 3. The van der Waals surface area contributed by atoms with E-state index in [0.717, 1.165) is 22.4 Å². The molecule has 0 spiro atoms. The molecule has 0 unspecified atom stereocenters. The molecule has 39 heavy (non-hydrogen) atoms. The molecule has 0 heterocycles. The second-order valence-electron chi connectivity index (χ2n) is 10.8. The first kappa shape index (κ1) is 27.0. The van der Waals surface area contributed by atoms with Gasteiger partial charge in [0.25, 0.3) is 0 Å². The molecule has 7 heteroatoms. The molecule has 5 rings (SSSR count). The summed E-state index contributed by atoms with van der Waals surface area (Å²) in [5, 5.41) is 21.3. The van der Waals surface area contributed by atoms with Crippen molar-refractivity contribution in [3.63, 3.8) is 0 Å². The minimum absolute atomic E-state index is 0.0813. The van der Waals surface area contributed by atoms with Crippen molar-refractivity contribution in [1.29, 1.82) is 0 Å². The molecule has 6 nitrogen and oxygen atoms in total. The van der Waals surface area contributed by atoms with Gasteiger partial charge in [-0.25, -0.2) is 8.42 Å². The first-order valence-corrected chi connectivity index (χ1v) is 14.8. The van der Waals surface area contributed by atoms with Crippen LogP contribution in [0, 0.1) is 20.8 Å². The van der Waals surface area contributed by atoms with Crippen LogP contribution in [0.5, 0.6) is 5.75 Å². The van der Waals surface area contributed by atoms with E-state index in [9.17, 15) is 18.1 Å². The second kappa shape index (κ2) is 10.9. The molecule has 0 bridgehead atoms. The fraction of sp³-hybridized carbons (Fsp3) is 0.312. The number of azo groups is 1. The van der Waals surface area contributed by atoms with Crippen LogP contribution in [0.2, 0.25) is 0 Å². The van der Waals surface area contributed by atoms with Crippen molar-refractivity contribution in [3.8, 4) is 5.75 Å². The number of benzene rings is 4. The van der Waals surface area contributed by atoms with Crippen molar-refractivity contribution in [1.82, 2.24) is 0 Å². The van der Waals surface area contributed by atoms with Crippen LogP contribution in [0.1, 0.15) is 71.4 Å². The summed E-state index contributed by atoms with van der Waals surface area (Å²) in [6, 6.07) is 18.6. The Hall–Kier alpha value is -3.55. The van der Waals surface area contributed by atoms with Crippen LogP contribution >= 0.6 is 0 Å². The lowest BCUT2D eigenvalue weighted by atomic mass is 9.83. The van der Waals surface area contributed by atoms with Crippen molar-refractivity contribution >= 4 is 32.3 Å². The Morgan fingerprint density at radius 3 is 2.26 bits per heavy atom. The molecule has 0 aromatic heterocycles. The third-order valence-corrected chi connectivity index (χ3v) is 8.60. The van der Waals surface area contributed by atoms with Gasteiger partial charge in [-0.1, -0.05) is 61.2 Å². The fourth-order valence-electron chi connectivity index (χ4n) is 5.63. The third kappa shape index (κ3) is 5.89. The Labute approximate surface area is 230 Å². The predicted octanol–water partition coefficient (Wildman–Crippen LogP) is 8.43. The van der Waals surface area contributed by atoms with E-state index in [4.69, 9.17) is 0 Å². The standard InChI is InChI=1S/C32H34N2O4S/c1-20-9-11-23(12-10-20)17-27-19-28(39(36,37)38)18-26-16-22(3)31(32(35)30(26)27)34-33-29-14-13-25(15-21(29)2)24-7-5-4-6-8-24/h9-16,18-19,24,35H,4-8,17H2,1-3H3,(H,36,37,38)/p-1. The van der Waals surface area contributed by atoms with Gasteiger partial charge in [-0.15, -0.1) is 5.11 Å². The minimum atomic E-state index is -4.69. The highest BCUT2D eigenvalue weighted by Crippen LogP contribution is 2.42. The molecule has 1 aliphatic carbocycles. The van der Waals surface area contributed by atoms with Gasteiger partial charge in [-0.3, -0.25) is 0 Å². The third-order valence-electron chi connectivity index (χ3n) is 7.79. The molecule has 202 valence electrons. The number of nitrogens with zero attached hydrogens (tertiary/aromatic N) is 2. The van der Waals surface area contributed by atoms with Gasteiger partial charge in [0.05, 0.1) is 10.6 Å². The van der Waals surface area contributed by atoms with Crippen molar-refractivity contribution < 1.29 is 18.1 Å². The van der Waals surface area contributed by atoms with Crippen molar-refractivity contribution in [2.45, 2.75) is 70.1 Å². The molecule has 0 radical (unpaired) electrons. The van der Waals surface area contributed by atoms with Crippen molar-refractivity contribution in [2.24, 2.45) is 10.2 Å². The molecular formula is C32H33N2O4S-. The zero-order valence-corrected chi connectivity index (χ0v) is 23.4. The molecule has 1 saturated carbocycles. The number of phenolic OH excluding ortho intramolecular Hbond substituents is 1. The van der Waals surface area contributed by atoms with E-state index < -0.39 is 10.1 Å². The lowest BCUT2D eigenvalue weighted by molar-refractivity contribution is 0.443. The number of rotatable bonds is 6. The quantitative estimate of drug-likeness (QED) is 0.195. The maximum Gasteiger partial charge on any atom is 0.151 e. The summed E-state index contributed by atoms with van der Waals surface area (Å²) >= 11 is 0. The second-order valence-corrected chi connectivity index (χ2v) is 12.1. The van der Waals surface area contributed by atoms with Gasteiger partial charge in [0, 0.05) is 5.39 Å². The molecular weight excluding hydrogens is 508 g/mol. The fourth-order valence-corrected chi connectivity index (χ4v) is 6.18.